The number of ether oxygens (including phenoxy) is 4. The van der Waals surface area contributed by atoms with Crippen molar-refractivity contribution in [2.75, 3.05) is 39.6 Å². The summed E-state index contributed by atoms with van der Waals surface area (Å²) in [5.41, 5.74) is 0. The number of aliphatic hydroxyl groups is 1. The van der Waals surface area contributed by atoms with Crippen LogP contribution in [0.5, 0.6) is 0 Å². The van der Waals surface area contributed by atoms with E-state index in [0.717, 1.165) is 115 Å². The van der Waals surface area contributed by atoms with Crippen LogP contribution in [0, 0.1) is 17.8 Å². The quantitative estimate of drug-likeness (QED) is 0.0169. The zero-order chi connectivity index (χ0) is 71.6. The van der Waals surface area contributed by atoms with Gasteiger partial charge >= 0.3 is 39.5 Å². The number of unbranched alkanes of at least 4 members (excludes halogenated alkanes) is 38. The van der Waals surface area contributed by atoms with Gasteiger partial charge in [0.1, 0.15) is 19.3 Å². The van der Waals surface area contributed by atoms with Gasteiger partial charge in [0.15, 0.2) is 12.2 Å². The van der Waals surface area contributed by atoms with E-state index >= 15 is 0 Å². The van der Waals surface area contributed by atoms with Crippen LogP contribution in [0.25, 0.3) is 0 Å². The minimum atomic E-state index is -4.96. The third-order valence-electron chi connectivity index (χ3n) is 17.9. The molecular formula is C78H148O17P2. The Morgan fingerprint density at radius 3 is 0.918 bits per heavy atom. The third-order valence-corrected chi connectivity index (χ3v) is 19.8. The molecule has 0 heterocycles. The third kappa shape index (κ3) is 70.4. The molecule has 0 aromatic rings. The molecule has 572 valence electrons. The molecule has 0 aliphatic rings. The number of hydrogen-bond donors (Lipinski definition) is 3. The Morgan fingerprint density at radius 2 is 0.608 bits per heavy atom. The average Bonchev–Trinajstić information content (AvgIpc) is 1.13. The smallest absolute Gasteiger partial charge is 0.462 e. The van der Waals surface area contributed by atoms with E-state index in [9.17, 15) is 43.2 Å². The highest BCUT2D eigenvalue weighted by Gasteiger charge is 2.30. The fraction of sp³-hybridized carbons (Fsp3) is 0.897. The van der Waals surface area contributed by atoms with Crippen molar-refractivity contribution in [3.63, 3.8) is 0 Å². The number of carbonyl (C=O) groups excluding carboxylic acids is 4. The maximum absolute atomic E-state index is 13.1. The van der Waals surface area contributed by atoms with Gasteiger partial charge in [0.25, 0.3) is 0 Å². The summed E-state index contributed by atoms with van der Waals surface area (Å²) in [4.78, 5) is 72.7. The Bertz CT molecular complexity index is 1980. The molecule has 6 atom stereocenters. The molecule has 0 aliphatic heterocycles. The summed E-state index contributed by atoms with van der Waals surface area (Å²) >= 11 is 0. The van der Waals surface area contributed by atoms with Crippen LogP contribution in [0.3, 0.4) is 0 Å². The van der Waals surface area contributed by atoms with Crippen molar-refractivity contribution in [1.29, 1.82) is 0 Å². The molecule has 0 aliphatic carbocycles. The normalized spacial score (nSPS) is 14.5. The highest BCUT2D eigenvalue weighted by Crippen LogP contribution is 2.45. The molecule has 0 amide bonds. The first-order valence-electron chi connectivity index (χ1n) is 39.7. The van der Waals surface area contributed by atoms with Crippen LogP contribution in [0.15, 0.2) is 24.3 Å². The molecule has 0 saturated carbocycles. The van der Waals surface area contributed by atoms with Gasteiger partial charge in [0, 0.05) is 25.7 Å². The van der Waals surface area contributed by atoms with Crippen molar-refractivity contribution >= 4 is 39.5 Å². The van der Waals surface area contributed by atoms with Crippen LogP contribution in [-0.2, 0) is 65.4 Å². The molecule has 0 spiro atoms. The summed E-state index contributed by atoms with van der Waals surface area (Å²) < 4.78 is 68.4. The van der Waals surface area contributed by atoms with Gasteiger partial charge in [-0.1, -0.05) is 323 Å². The SMILES string of the molecule is CCCCCC/C=C\C=C/CCCCCCCC(=O)O[C@H](COC(=O)CCCCCCCCCC(C)C)COP(=O)(O)OCC(O)COP(=O)(O)OC[C@@H](COC(=O)CCCCCCCCCCCCCCCCCCCCC(C)CC)OC(=O)CCCCCCCCCC(C)C. The van der Waals surface area contributed by atoms with Gasteiger partial charge in [-0.2, -0.15) is 0 Å². The first-order valence-corrected chi connectivity index (χ1v) is 42.7. The Morgan fingerprint density at radius 1 is 0.340 bits per heavy atom. The second-order valence-electron chi connectivity index (χ2n) is 28.6. The van der Waals surface area contributed by atoms with Crippen LogP contribution in [0.1, 0.15) is 376 Å². The Balaban J connectivity index is 5.16. The molecule has 19 heteroatoms. The van der Waals surface area contributed by atoms with Gasteiger partial charge in [-0.15, -0.1) is 0 Å². The second-order valence-corrected chi connectivity index (χ2v) is 31.5. The summed E-state index contributed by atoms with van der Waals surface area (Å²) in [6.07, 6.45) is 58.0. The van der Waals surface area contributed by atoms with Crippen LogP contribution in [0.2, 0.25) is 0 Å². The Labute approximate surface area is 592 Å². The number of allylic oxidation sites excluding steroid dienone is 4. The predicted molar refractivity (Wildman–Crippen MR) is 395 cm³/mol. The molecule has 0 saturated heterocycles. The van der Waals surface area contributed by atoms with Gasteiger partial charge in [-0.25, -0.2) is 9.13 Å². The second kappa shape index (κ2) is 68.0. The summed E-state index contributed by atoms with van der Waals surface area (Å²) in [5, 5.41) is 10.6. The van der Waals surface area contributed by atoms with E-state index in [4.69, 9.17) is 37.0 Å². The van der Waals surface area contributed by atoms with Gasteiger partial charge in [-0.3, -0.25) is 37.3 Å². The molecule has 0 aromatic carbocycles. The van der Waals surface area contributed by atoms with E-state index in [1.54, 1.807) is 0 Å². The molecule has 0 bridgehead atoms. The van der Waals surface area contributed by atoms with Crippen LogP contribution >= 0.6 is 15.6 Å². The lowest BCUT2D eigenvalue weighted by Gasteiger charge is -2.21. The predicted octanol–water partition coefficient (Wildman–Crippen LogP) is 22.5. The van der Waals surface area contributed by atoms with Crippen molar-refractivity contribution in [2.24, 2.45) is 17.8 Å². The lowest BCUT2D eigenvalue weighted by molar-refractivity contribution is -0.161. The fourth-order valence-corrected chi connectivity index (χ4v) is 13.0. The van der Waals surface area contributed by atoms with E-state index in [1.165, 1.54) is 167 Å². The molecule has 17 nitrogen and oxygen atoms in total. The monoisotopic (exact) mass is 1420 g/mol. The van der Waals surface area contributed by atoms with Crippen molar-refractivity contribution < 1.29 is 80.2 Å². The highest BCUT2D eigenvalue weighted by molar-refractivity contribution is 7.47. The number of carbonyl (C=O) groups is 4. The maximum atomic E-state index is 13.1. The summed E-state index contributed by atoms with van der Waals surface area (Å²) in [7, 11) is -9.92. The number of hydrogen-bond acceptors (Lipinski definition) is 15. The molecule has 0 rings (SSSR count). The Hall–Kier alpha value is -2.46. The largest absolute Gasteiger partial charge is 0.472 e. The lowest BCUT2D eigenvalue weighted by atomic mass is 9.99. The van der Waals surface area contributed by atoms with E-state index in [2.05, 4.69) is 72.8 Å². The first-order chi connectivity index (χ1) is 46.8. The lowest BCUT2D eigenvalue weighted by Crippen LogP contribution is -2.30. The zero-order valence-electron chi connectivity index (χ0n) is 63.0. The number of phosphoric ester groups is 2. The summed E-state index contributed by atoms with van der Waals surface area (Å²) in [5.74, 6) is 0.117. The van der Waals surface area contributed by atoms with Crippen molar-refractivity contribution in [1.82, 2.24) is 0 Å². The summed E-state index contributed by atoms with van der Waals surface area (Å²) in [6, 6.07) is 0. The van der Waals surface area contributed by atoms with Crippen molar-refractivity contribution in [3.8, 4) is 0 Å². The van der Waals surface area contributed by atoms with E-state index in [1.807, 2.05) is 0 Å². The molecule has 0 fully saturated rings. The minimum absolute atomic E-state index is 0.0839. The maximum Gasteiger partial charge on any atom is 0.472 e. The molecule has 3 N–H and O–H groups in total. The zero-order valence-corrected chi connectivity index (χ0v) is 64.8. The number of aliphatic hydroxyl groups excluding tert-OH is 1. The first kappa shape index (κ1) is 94.5. The van der Waals surface area contributed by atoms with Crippen molar-refractivity contribution in [2.45, 2.75) is 394 Å². The van der Waals surface area contributed by atoms with Gasteiger partial charge < -0.3 is 33.8 Å². The van der Waals surface area contributed by atoms with E-state index in [0.29, 0.717) is 37.5 Å². The number of phosphoric acid groups is 2. The standard InChI is InChI=1S/C78H148O17P2/c1-8-10-11-12-13-14-15-16-21-26-29-32-39-47-54-61-77(82)94-73(66-89-76(81)60-53-46-40-33-35-42-49-56-69(3)4)67-92-96(84,85)90-63-72(79)64-91-97(86,87)93-68-74(95-78(83)62-55-48-41-34-36-43-50-57-70(5)6)65-88-75(80)59-52-45-38-31-28-25-23-20-18-17-19-22-24-27-30-37-44-51-58-71(7)9-2/h14-16,21,69-74,79H,8-13,17-20,22-68H2,1-7H3,(H,84,85)(H,86,87)/b15-14-,21-16-/t71?,72?,73-,74-/m1/s1. The van der Waals surface area contributed by atoms with Crippen LogP contribution in [0.4, 0.5) is 0 Å². The van der Waals surface area contributed by atoms with E-state index < -0.39 is 97.5 Å². The average molecular weight is 1420 g/mol. The Kier molecular flexibility index (Phi) is 66.3. The highest BCUT2D eigenvalue weighted by atomic mass is 31.2. The number of esters is 4. The van der Waals surface area contributed by atoms with Gasteiger partial charge in [-0.05, 0) is 69.1 Å². The minimum Gasteiger partial charge on any atom is -0.462 e. The van der Waals surface area contributed by atoms with Crippen LogP contribution in [-0.4, -0.2) is 96.7 Å². The number of rotatable bonds is 74. The topological polar surface area (TPSA) is 237 Å². The fourth-order valence-electron chi connectivity index (χ4n) is 11.4. The molecule has 0 radical (unpaired) electrons. The molecule has 97 heavy (non-hydrogen) atoms. The molecule has 4 unspecified atom stereocenters. The molecular weight excluding hydrogens is 1270 g/mol. The van der Waals surface area contributed by atoms with Gasteiger partial charge in [0.2, 0.25) is 0 Å². The van der Waals surface area contributed by atoms with Gasteiger partial charge in [0.05, 0.1) is 26.4 Å². The van der Waals surface area contributed by atoms with Crippen molar-refractivity contribution in [3.05, 3.63) is 24.3 Å². The van der Waals surface area contributed by atoms with E-state index in [-0.39, 0.29) is 25.7 Å². The molecule has 0 aromatic heterocycles. The summed E-state index contributed by atoms with van der Waals surface area (Å²) in [6.45, 7) is 11.8. The van der Waals surface area contributed by atoms with Crippen LogP contribution < -0.4 is 0 Å².